The second-order valence-corrected chi connectivity index (χ2v) is 6.13. The minimum Gasteiger partial charge on any atom is -0.442 e. The Morgan fingerprint density at radius 3 is 2.72 bits per heavy atom. The van der Waals surface area contributed by atoms with Crippen LogP contribution < -0.4 is 10.5 Å². The molecule has 1 amide bonds. The maximum Gasteiger partial charge on any atom is 0.414 e. The van der Waals surface area contributed by atoms with Gasteiger partial charge >= 0.3 is 6.09 Å². The Labute approximate surface area is 144 Å². The lowest BCUT2D eigenvalue weighted by atomic mass is 10.1. The molecule has 1 saturated heterocycles. The van der Waals surface area contributed by atoms with Crippen LogP contribution in [0, 0.1) is 6.92 Å². The summed E-state index contributed by atoms with van der Waals surface area (Å²) in [5.74, 6) is 0. The van der Waals surface area contributed by atoms with E-state index in [1.54, 1.807) is 11.0 Å². The van der Waals surface area contributed by atoms with Crippen LogP contribution in [0.15, 0.2) is 59.7 Å². The zero-order valence-corrected chi connectivity index (χ0v) is 13.8. The number of para-hydroxylation sites is 2. The van der Waals surface area contributed by atoms with E-state index in [-0.39, 0.29) is 12.1 Å². The number of cyclic esters (lactones) is 1. The van der Waals surface area contributed by atoms with Gasteiger partial charge in [0.1, 0.15) is 6.10 Å². The Kier molecular flexibility index (Phi) is 3.72. The number of carbonyl (C=O) groups is 1. The summed E-state index contributed by atoms with van der Waals surface area (Å²) in [5.41, 5.74) is 2.33. The zero-order valence-electron chi connectivity index (χ0n) is 13.8. The van der Waals surface area contributed by atoms with Gasteiger partial charge in [0.2, 0.25) is 0 Å². The van der Waals surface area contributed by atoms with Crippen LogP contribution in [0.4, 0.5) is 10.5 Å². The van der Waals surface area contributed by atoms with E-state index in [0.717, 1.165) is 11.3 Å². The lowest BCUT2D eigenvalue weighted by Gasteiger charge is -2.13. The molecule has 1 aliphatic heterocycles. The Morgan fingerprint density at radius 1 is 1.12 bits per heavy atom. The van der Waals surface area contributed by atoms with Crippen molar-refractivity contribution in [3.05, 3.63) is 70.8 Å². The SMILES string of the molecule is Cc1cccc2c(=O)n(CC3CN(c4ccccc4)C(=O)O3)cnc12. The molecular weight excluding hydrogens is 318 g/mol. The third-order valence-electron chi connectivity index (χ3n) is 4.40. The molecule has 126 valence electrons. The summed E-state index contributed by atoms with van der Waals surface area (Å²) >= 11 is 0. The number of hydrogen-bond acceptors (Lipinski definition) is 4. The monoisotopic (exact) mass is 335 g/mol. The van der Waals surface area contributed by atoms with Gasteiger partial charge in [0.05, 0.1) is 30.3 Å². The molecule has 0 bridgehead atoms. The fourth-order valence-electron chi connectivity index (χ4n) is 3.12. The van der Waals surface area contributed by atoms with Crippen molar-refractivity contribution in [1.29, 1.82) is 0 Å². The molecule has 2 aromatic carbocycles. The highest BCUT2D eigenvalue weighted by Gasteiger charge is 2.32. The normalized spacial score (nSPS) is 17.1. The second kappa shape index (κ2) is 6.05. The second-order valence-electron chi connectivity index (χ2n) is 6.13. The quantitative estimate of drug-likeness (QED) is 0.738. The fraction of sp³-hybridized carbons (Fsp3) is 0.211. The Bertz CT molecular complexity index is 998. The first kappa shape index (κ1) is 15.4. The highest BCUT2D eigenvalue weighted by Crippen LogP contribution is 2.21. The van der Waals surface area contributed by atoms with Crippen molar-refractivity contribution >= 4 is 22.7 Å². The summed E-state index contributed by atoms with van der Waals surface area (Å²) < 4.78 is 6.93. The van der Waals surface area contributed by atoms with Crippen LogP contribution in [-0.2, 0) is 11.3 Å². The minimum absolute atomic E-state index is 0.122. The first-order valence-corrected chi connectivity index (χ1v) is 8.11. The van der Waals surface area contributed by atoms with Crippen LogP contribution in [0.1, 0.15) is 5.56 Å². The van der Waals surface area contributed by atoms with Gasteiger partial charge in [0, 0.05) is 5.69 Å². The molecule has 1 aromatic heterocycles. The molecule has 1 atom stereocenters. The van der Waals surface area contributed by atoms with Gasteiger partial charge in [-0.1, -0.05) is 30.3 Å². The summed E-state index contributed by atoms with van der Waals surface area (Å²) in [4.78, 5) is 30.8. The van der Waals surface area contributed by atoms with E-state index in [2.05, 4.69) is 4.98 Å². The molecule has 0 saturated carbocycles. The van der Waals surface area contributed by atoms with Crippen molar-refractivity contribution in [3.8, 4) is 0 Å². The van der Waals surface area contributed by atoms with E-state index >= 15 is 0 Å². The van der Waals surface area contributed by atoms with E-state index in [9.17, 15) is 9.59 Å². The number of rotatable bonds is 3. The summed E-state index contributed by atoms with van der Waals surface area (Å²) in [6, 6.07) is 14.9. The first-order valence-electron chi connectivity index (χ1n) is 8.11. The molecular formula is C19H17N3O3. The molecule has 6 nitrogen and oxygen atoms in total. The van der Waals surface area contributed by atoms with Crippen molar-refractivity contribution in [3.63, 3.8) is 0 Å². The number of ether oxygens (including phenoxy) is 1. The van der Waals surface area contributed by atoms with Gasteiger partial charge in [-0.15, -0.1) is 0 Å². The lowest BCUT2D eigenvalue weighted by molar-refractivity contribution is 0.131. The number of carbonyl (C=O) groups excluding carboxylic acids is 1. The van der Waals surface area contributed by atoms with Gasteiger partial charge in [-0.3, -0.25) is 14.3 Å². The molecule has 0 spiro atoms. The van der Waals surface area contributed by atoms with E-state index in [4.69, 9.17) is 4.74 Å². The van der Waals surface area contributed by atoms with Crippen LogP contribution in [0.2, 0.25) is 0 Å². The summed E-state index contributed by atoms with van der Waals surface area (Å²) in [6.07, 6.45) is 0.736. The highest BCUT2D eigenvalue weighted by atomic mass is 16.6. The molecule has 6 heteroatoms. The summed E-state index contributed by atoms with van der Waals surface area (Å²) in [5, 5.41) is 0.576. The molecule has 4 rings (SSSR count). The van der Waals surface area contributed by atoms with E-state index in [0.29, 0.717) is 17.4 Å². The van der Waals surface area contributed by atoms with Crippen molar-refractivity contribution in [2.45, 2.75) is 19.6 Å². The number of benzene rings is 2. The molecule has 0 N–H and O–H groups in total. The van der Waals surface area contributed by atoms with Crippen LogP contribution in [0.5, 0.6) is 0 Å². The highest BCUT2D eigenvalue weighted by molar-refractivity contribution is 5.89. The van der Waals surface area contributed by atoms with Gasteiger partial charge in [0.25, 0.3) is 5.56 Å². The summed E-state index contributed by atoms with van der Waals surface area (Å²) in [7, 11) is 0. The summed E-state index contributed by atoms with van der Waals surface area (Å²) in [6.45, 7) is 2.61. The number of anilines is 1. The standard InChI is InChI=1S/C19H17N3O3/c1-13-6-5-9-16-17(13)20-12-21(18(16)23)10-15-11-22(19(24)25-15)14-7-3-2-4-8-14/h2-9,12,15H,10-11H2,1H3. The number of nitrogens with zero attached hydrogens (tertiary/aromatic N) is 3. The van der Waals surface area contributed by atoms with Crippen molar-refractivity contribution in [1.82, 2.24) is 9.55 Å². The van der Waals surface area contributed by atoms with Crippen molar-refractivity contribution in [2.24, 2.45) is 0 Å². The number of aromatic nitrogens is 2. The molecule has 1 unspecified atom stereocenters. The largest absolute Gasteiger partial charge is 0.442 e. The smallest absolute Gasteiger partial charge is 0.414 e. The zero-order chi connectivity index (χ0) is 17.4. The minimum atomic E-state index is -0.395. The molecule has 3 aromatic rings. The van der Waals surface area contributed by atoms with Crippen LogP contribution in [0.25, 0.3) is 10.9 Å². The third kappa shape index (κ3) is 2.76. The topological polar surface area (TPSA) is 64.4 Å². The van der Waals surface area contributed by atoms with Gasteiger partial charge in [-0.05, 0) is 30.7 Å². The van der Waals surface area contributed by atoms with Gasteiger partial charge < -0.3 is 4.74 Å². The maximum absolute atomic E-state index is 12.7. The Balaban J connectivity index is 1.59. The molecule has 2 heterocycles. The average Bonchev–Trinajstić information content (AvgIpc) is 2.99. The molecule has 0 aliphatic carbocycles. The number of amides is 1. The van der Waals surface area contributed by atoms with Crippen LogP contribution in [0.3, 0.4) is 0 Å². The Hall–Kier alpha value is -3.15. The van der Waals surface area contributed by atoms with Crippen molar-refractivity contribution in [2.75, 3.05) is 11.4 Å². The van der Waals surface area contributed by atoms with Gasteiger partial charge in [-0.25, -0.2) is 9.78 Å². The third-order valence-corrected chi connectivity index (χ3v) is 4.40. The average molecular weight is 335 g/mol. The molecule has 1 fully saturated rings. The van der Waals surface area contributed by atoms with Gasteiger partial charge in [0.15, 0.2) is 0 Å². The van der Waals surface area contributed by atoms with Crippen LogP contribution in [-0.4, -0.2) is 28.3 Å². The number of hydrogen-bond donors (Lipinski definition) is 0. The molecule has 0 radical (unpaired) electrons. The van der Waals surface area contributed by atoms with Crippen LogP contribution >= 0.6 is 0 Å². The number of aryl methyl sites for hydroxylation is 1. The van der Waals surface area contributed by atoms with Gasteiger partial charge in [-0.2, -0.15) is 0 Å². The van der Waals surface area contributed by atoms with E-state index in [1.165, 1.54) is 10.9 Å². The van der Waals surface area contributed by atoms with Crippen molar-refractivity contribution < 1.29 is 9.53 Å². The molecule has 25 heavy (non-hydrogen) atoms. The first-order chi connectivity index (χ1) is 12.1. The maximum atomic E-state index is 12.7. The van der Waals surface area contributed by atoms with E-state index in [1.807, 2.05) is 49.4 Å². The Morgan fingerprint density at radius 2 is 1.92 bits per heavy atom. The fourth-order valence-corrected chi connectivity index (χ4v) is 3.12. The number of fused-ring (bicyclic) bond motifs is 1. The van der Waals surface area contributed by atoms with E-state index < -0.39 is 12.2 Å². The lowest BCUT2D eigenvalue weighted by Crippen LogP contribution is -2.30. The molecule has 1 aliphatic rings. The predicted molar refractivity (Wildman–Crippen MR) is 94.8 cm³/mol. The predicted octanol–water partition coefficient (Wildman–Crippen LogP) is 2.73.